The molecule has 0 saturated carbocycles. The second kappa shape index (κ2) is 8.73. The van der Waals surface area contributed by atoms with E-state index in [0.29, 0.717) is 26.1 Å². The van der Waals surface area contributed by atoms with Crippen LogP contribution in [0, 0.1) is 0 Å². The van der Waals surface area contributed by atoms with Crippen LogP contribution in [0.5, 0.6) is 0 Å². The molecule has 7 heteroatoms. The molecule has 0 radical (unpaired) electrons. The Morgan fingerprint density at radius 1 is 1.36 bits per heavy atom. The van der Waals surface area contributed by atoms with E-state index in [2.05, 4.69) is 5.32 Å². The van der Waals surface area contributed by atoms with E-state index in [1.54, 1.807) is 12.0 Å². The smallest absolute Gasteiger partial charge is 0.240 e. The third-order valence-corrected chi connectivity index (χ3v) is 3.66. The fourth-order valence-corrected chi connectivity index (χ4v) is 2.51. The van der Waals surface area contributed by atoms with E-state index >= 15 is 0 Å². The fourth-order valence-electron chi connectivity index (χ4n) is 2.51. The van der Waals surface area contributed by atoms with Gasteiger partial charge in [-0.2, -0.15) is 0 Å². The number of fused-ring (bicyclic) bond motifs is 1. The molecule has 1 unspecified atom stereocenters. The molecule has 6 nitrogen and oxygen atoms in total. The van der Waals surface area contributed by atoms with Crippen molar-refractivity contribution in [2.45, 2.75) is 19.0 Å². The van der Waals surface area contributed by atoms with Crippen LogP contribution < -0.4 is 11.1 Å². The van der Waals surface area contributed by atoms with Crippen LogP contribution in [0.4, 0.5) is 0 Å². The largest absolute Gasteiger partial charge is 0.383 e. The van der Waals surface area contributed by atoms with Gasteiger partial charge in [0.25, 0.3) is 0 Å². The molecule has 0 bridgehead atoms. The number of carbonyl (C=O) groups excluding carboxylic acids is 2. The van der Waals surface area contributed by atoms with Gasteiger partial charge in [0, 0.05) is 26.6 Å². The molecule has 1 heterocycles. The molecule has 1 aliphatic rings. The Bertz CT molecular complexity index is 525. The summed E-state index contributed by atoms with van der Waals surface area (Å²) in [6.07, 6.45) is 0.481. The van der Waals surface area contributed by atoms with Gasteiger partial charge in [0.1, 0.15) is 6.04 Å². The summed E-state index contributed by atoms with van der Waals surface area (Å²) >= 11 is 0. The number of amides is 2. The van der Waals surface area contributed by atoms with E-state index in [4.69, 9.17) is 10.5 Å². The summed E-state index contributed by atoms with van der Waals surface area (Å²) in [4.78, 5) is 25.5. The summed E-state index contributed by atoms with van der Waals surface area (Å²) in [5, 5.41) is 3.00. The summed E-state index contributed by atoms with van der Waals surface area (Å²) in [5.41, 5.74) is 7.61. The zero-order valence-corrected chi connectivity index (χ0v) is 13.4. The maximum absolute atomic E-state index is 12.3. The first-order chi connectivity index (χ1) is 10.1. The molecule has 1 aromatic rings. The van der Waals surface area contributed by atoms with Gasteiger partial charge in [-0.1, -0.05) is 24.3 Å². The second-order valence-electron chi connectivity index (χ2n) is 5.08. The van der Waals surface area contributed by atoms with E-state index in [-0.39, 0.29) is 24.9 Å². The Kier molecular flexibility index (Phi) is 7.31. The number of nitrogens with zero attached hydrogens (tertiary/aromatic N) is 1. The first kappa shape index (κ1) is 18.4. The van der Waals surface area contributed by atoms with Gasteiger partial charge in [0.2, 0.25) is 11.8 Å². The van der Waals surface area contributed by atoms with Crippen LogP contribution in [0.2, 0.25) is 0 Å². The minimum atomic E-state index is -0.573. The number of methoxy groups -OCH3 is 1. The molecule has 1 aliphatic heterocycles. The molecule has 122 valence electrons. The molecule has 0 aromatic heterocycles. The highest BCUT2D eigenvalue weighted by Crippen LogP contribution is 2.23. The van der Waals surface area contributed by atoms with Gasteiger partial charge in [-0.05, 0) is 11.1 Å². The van der Waals surface area contributed by atoms with E-state index < -0.39 is 11.9 Å². The van der Waals surface area contributed by atoms with Crippen LogP contribution in [0.25, 0.3) is 0 Å². The predicted molar refractivity (Wildman–Crippen MR) is 85.7 cm³/mol. The summed E-state index contributed by atoms with van der Waals surface area (Å²) in [5.74, 6) is -0.584. The Hall–Kier alpha value is -1.63. The van der Waals surface area contributed by atoms with Crippen molar-refractivity contribution in [1.29, 1.82) is 0 Å². The van der Waals surface area contributed by atoms with Gasteiger partial charge in [0.05, 0.1) is 13.2 Å². The SMILES string of the molecule is COCCNCC(=O)N1Cc2ccccc2CC1C(N)=O.Cl. The van der Waals surface area contributed by atoms with Crippen LogP contribution in [0.3, 0.4) is 0 Å². The van der Waals surface area contributed by atoms with E-state index in [1.165, 1.54) is 0 Å². The van der Waals surface area contributed by atoms with E-state index in [0.717, 1.165) is 11.1 Å². The molecule has 1 atom stereocenters. The van der Waals surface area contributed by atoms with Gasteiger partial charge in [-0.25, -0.2) is 0 Å². The molecule has 0 saturated heterocycles. The average molecular weight is 328 g/mol. The van der Waals surface area contributed by atoms with E-state index in [9.17, 15) is 9.59 Å². The van der Waals surface area contributed by atoms with Crippen LogP contribution in [-0.2, 0) is 27.3 Å². The molecule has 0 aliphatic carbocycles. The first-order valence-electron chi connectivity index (χ1n) is 6.98. The van der Waals surface area contributed by atoms with Crippen molar-refractivity contribution in [3.63, 3.8) is 0 Å². The Morgan fingerprint density at radius 3 is 2.68 bits per heavy atom. The number of benzene rings is 1. The average Bonchev–Trinajstić information content (AvgIpc) is 2.50. The molecular weight excluding hydrogens is 306 g/mol. The molecule has 2 amide bonds. The standard InChI is InChI=1S/C15H21N3O3.ClH/c1-21-7-6-17-9-14(19)18-10-12-5-3-2-4-11(12)8-13(18)15(16)20;/h2-5,13,17H,6-10H2,1H3,(H2,16,20);1H. The van der Waals surface area contributed by atoms with Crippen molar-refractivity contribution in [3.05, 3.63) is 35.4 Å². The van der Waals surface area contributed by atoms with Crippen molar-refractivity contribution in [3.8, 4) is 0 Å². The van der Waals surface area contributed by atoms with Crippen molar-refractivity contribution >= 4 is 24.2 Å². The lowest BCUT2D eigenvalue weighted by Gasteiger charge is -2.35. The number of hydrogen-bond acceptors (Lipinski definition) is 4. The monoisotopic (exact) mass is 327 g/mol. The maximum atomic E-state index is 12.3. The summed E-state index contributed by atoms with van der Waals surface area (Å²) in [7, 11) is 1.61. The van der Waals surface area contributed by atoms with Crippen molar-refractivity contribution in [2.24, 2.45) is 5.73 Å². The third-order valence-electron chi connectivity index (χ3n) is 3.66. The van der Waals surface area contributed by atoms with Crippen LogP contribution >= 0.6 is 12.4 Å². The number of ether oxygens (including phenoxy) is 1. The lowest BCUT2D eigenvalue weighted by molar-refractivity contribution is -0.139. The summed E-state index contributed by atoms with van der Waals surface area (Å²) in [6, 6.07) is 7.25. The van der Waals surface area contributed by atoms with Crippen molar-refractivity contribution in [1.82, 2.24) is 10.2 Å². The van der Waals surface area contributed by atoms with E-state index in [1.807, 2.05) is 24.3 Å². The highest BCUT2D eigenvalue weighted by Gasteiger charge is 2.32. The minimum absolute atomic E-state index is 0. The summed E-state index contributed by atoms with van der Waals surface area (Å²) < 4.78 is 4.91. The molecule has 0 spiro atoms. The quantitative estimate of drug-likeness (QED) is 0.725. The van der Waals surface area contributed by atoms with Crippen molar-refractivity contribution < 1.29 is 14.3 Å². The topological polar surface area (TPSA) is 84.7 Å². The predicted octanol–water partition coefficient (Wildman–Crippen LogP) is 0.0830. The van der Waals surface area contributed by atoms with Crippen molar-refractivity contribution in [2.75, 3.05) is 26.8 Å². The number of primary amides is 1. The Morgan fingerprint density at radius 2 is 2.05 bits per heavy atom. The number of nitrogens with two attached hydrogens (primary N) is 1. The minimum Gasteiger partial charge on any atom is -0.383 e. The van der Waals surface area contributed by atoms with Gasteiger partial charge in [-0.15, -0.1) is 12.4 Å². The Balaban J connectivity index is 0.00000242. The molecule has 0 fully saturated rings. The molecule has 3 N–H and O–H groups in total. The number of rotatable bonds is 6. The van der Waals surface area contributed by atoms with Crippen LogP contribution in [0.15, 0.2) is 24.3 Å². The number of nitrogens with one attached hydrogen (secondary N) is 1. The number of halogens is 1. The first-order valence-corrected chi connectivity index (χ1v) is 6.98. The molecule has 2 rings (SSSR count). The van der Waals surface area contributed by atoms with Crippen LogP contribution in [0.1, 0.15) is 11.1 Å². The third kappa shape index (κ3) is 4.43. The molecule has 22 heavy (non-hydrogen) atoms. The zero-order valence-electron chi connectivity index (χ0n) is 12.6. The summed E-state index contributed by atoms with van der Waals surface area (Å²) in [6.45, 7) is 1.73. The molecular formula is C15H22ClN3O3. The van der Waals surface area contributed by atoms with Gasteiger partial charge in [0.15, 0.2) is 0 Å². The second-order valence-corrected chi connectivity index (χ2v) is 5.08. The van der Waals surface area contributed by atoms with Crippen LogP contribution in [-0.4, -0.2) is 49.6 Å². The number of carbonyl (C=O) groups is 2. The highest BCUT2D eigenvalue weighted by molar-refractivity contribution is 5.88. The Labute approximate surface area is 136 Å². The zero-order chi connectivity index (χ0) is 15.2. The maximum Gasteiger partial charge on any atom is 0.240 e. The van der Waals surface area contributed by atoms with Gasteiger partial charge in [-0.3, -0.25) is 9.59 Å². The normalized spacial score (nSPS) is 16.6. The molecule has 1 aromatic carbocycles. The van der Waals surface area contributed by atoms with Gasteiger partial charge >= 0.3 is 0 Å². The fraction of sp³-hybridized carbons (Fsp3) is 0.467. The number of hydrogen-bond donors (Lipinski definition) is 2. The lowest BCUT2D eigenvalue weighted by atomic mass is 9.93. The van der Waals surface area contributed by atoms with Gasteiger partial charge < -0.3 is 20.7 Å². The highest BCUT2D eigenvalue weighted by atomic mass is 35.5. The lowest BCUT2D eigenvalue weighted by Crippen LogP contribution is -2.53.